The zero-order chi connectivity index (χ0) is 14.4. The van der Waals surface area contributed by atoms with Gasteiger partial charge in [-0.1, -0.05) is 19.1 Å². The predicted molar refractivity (Wildman–Crippen MR) is 75.3 cm³/mol. The molecule has 0 saturated heterocycles. The maximum Gasteiger partial charge on any atom is 0.250 e. The Labute approximate surface area is 117 Å². The number of rotatable bonds is 6. The van der Waals surface area contributed by atoms with Gasteiger partial charge in [0.15, 0.2) is 17.2 Å². The van der Waals surface area contributed by atoms with Gasteiger partial charge in [0, 0.05) is 0 Å². The van der Waals surface area contributed by atoms with E-state index in [9.17, 15) is 0 Å². The molecule has 0 bridgehead atoms. The van der Waals surface area contributed by atoms with Gasteiger partial charge in [-0.2, -0.15) is 9.97 Å². The molecule has 0 atom stereocenters. The Morgan fingerprint density at radius 2 is 1.80 bits per heavy atom. The van der Waals surface area contributed by atoms with Crippen LogP contribution in [0.4, 0.5) is 5.69 Å². The van der Waals surface area contributed by atoms with E-state index in [1.54, 1.807) is 19.2 Å². The van der Waals surface area contributed by atoms with E-state index in [1.807, 2.05) is 19.1 Å². The normalized spacial score (nSPS) is 10.1. The SMILES string of the molecule is CCCOc1ncnc(Oc2ccccc2OC)c1N. The van der Waals surface area contributed by atoms with E-state index < -0.39 is 0 Å². The lowest BCUT2D eigenvalue weighted by molar-refractivity contribution is 0.304. The molecule has 0 spiro atoms. The fraction of sp³-hybridized carbons (Fsp3) is 0.286. The summed E-state index contributed by atoms with van der Waals surface area (Å²) in [5.41, 5.74) is 6.22. The number of ether oxygens (including phenoxy) is 3. The van der Waals surface area contributed by atoms with Crippen molar-refractivity contribution in [2.75, 3.05) is 19.5 Å². The van der Waals surface area contributed by atoms with Crippen LogP contribution in [0.3, 0.4) is 0 Å². The van der Waals surface area contributed by atoms with E-state index in [2.05, 4.69) is 9.97 Å². The molecule has 1 aromatic carbocycles. The van der Waals surface area contributed by atoms with Crippen molar-refractivity contribution in [2.45, 2.75) is 13.3 Å². The molecule has 1 aromatic heterocycles. The van der Waals surface area contributed by atoms with Gasteiger partial charge >= 0.3 is 0 Å². The van der Waals surface area contributed by atoms with Crippen LogP contribution in [-0.4, -0.2) is 23.7 Å². The summed E-state index contributed by atoms with van der Waals surface area (Å²) in [6.45, 7) is 2.54. The number of para-hydroxylation sites is 2. The smallest absolute Gasteiger partial charge is 0.250 e. The second kappa shape index (κ2) is 6.60. The average molecular weight is 275 g/mol. The number of hydrogen-bond donors (Lipinski definition) is 1. The number of nitrogens with zero attached hydrogens (tertiary/aromatic N) is 2. The van der Waals surface area contributed by atoms with E-state index in [1.165, 1.54) is 6.33 Å². The Balaban J connectivity index is 2.25. The molecule has 0 aliphatic carbocycles. The molecule has 2 rings (SSSR count). The van der Waals surface area contributed by atoms with Crippen LogP contribution in [0.2, 0.25) is 0 Å². The topological polar surface area (TPSA) is 79.5 Å². The van der Waals surface area contributed by atoms with Crippen molar-refractivity contribution in [3.05, 3.63) is 30.6 Å². The van der Waals surface area contributed by atoms with Crippen LogP contribution >= 0.6 is 0 Å². The van der Waals surface area contributed by atoms with Crippen LogP contribution in [0.15, 0.2) is 30.6 Å². The zero-order valence-corrected chi connectivity index (χ0v) is 11.5. The van der Waals surface area contributed by atoms with E-state index >= 15 is 0 Å². The summed E-state index contributed by atoms with van der Waals surface area (Å²) in [7, 11) is 1.57. The van der Waals surface area contributed by atoms with Gasteiger partial charge < -0.3 is 19.9 Å². The molecular weight excluding hydrogens is 258 g/mol. The number of nitrogen functional groups attached to an aromatic ring is 1. The largest absolute Gasteiger partial charge is 0.493 e. The fourth-order valence-electron chi connectivity index (χ4n) is 1.57. The summed E-state index contributed by atoms with van der Waals surface area (Å²) in [5, 5.41) is 0. The maximum absolute atomic E-state index is 5.95. The highest BCUT2D eigenvalue weighted by molar-refractivity contribution is 5.57. The Kier molecular flexibility index (Phi) is 4.60. The van der Waals surface area contributed by atoms with Gasteiger partial charge in [0.05, 0.1) is 13.7 Å². The Morgan fingerprint density at radius 1 is 1.10 bits per heavy atom. The monoisotopic (exact) mass is 275 g/mol. The third-order valence-corrected chi connectivity index (χ3v) is 2.53. The summed E-state index contributed by atoms with van der Waals surface area (Å²) >= 11 is 0. The highest BCUT2D eigenvalue weighted by Gasteiger charge is 2.13. The predicted octanol–water partition coefficient (Wildman–Crippen LogP) is 2.65. The molecule has 0 saturated carbocycles. The molecule has 6 nitrogen and oxygen atoms in total. The highest BCUT2D eigenvalue weighted by atomic mass is 16.5. The summed E-state index contributed by atoms with van der Waals surface area (Å²) in [6.07, 6.45) is 2.22. The Bertz CT molecular complexity index is 575. The second-order valence-corrected chi connectivity index (χ2v) is 4.00. The number of anilines is 1. The molecule has 2 aromatic rings. The first-order valence-corrected chi connectivity index (χ1v) is 6.30. The standard InChI is InChI=1S/C14H17N3O3/c1-3-8-19-13-12(15)14(17-9-16-13)20-11-7-5-4-6-10(11)18-2/h4-7,9H,3,8,15H2,1-2H3. The van der Waals surface area contributed by atoms with Crippen LogP contribution < -0.4 is 19.9 Å². The molecule has 2 N–H and O–H groups in total. The Morgan fingerprint density at radius 3 is 2.50 bits per heavy atom. The van der Waals surface area contributed by atoms with Crippen molar-refractivity contribution in [1.29, 1.82) is 0 Å². The number of benzene rings is 1. The molecular formula is C14H17N3O3. The highest BCUT2D eigenvalue weighted by Crippen LogP contribution is 2.35. The molecule has 0 radical (unpaired) electrons. The van der Waals surface area contributed by atoms with Crippen molar-refractivity contribution < 1.29 is 14.2 Å². The van der Waals surface area contributed by atoms with Gasteiger partial charge in [-0.3, -0.25) is 0 Å². The second-order valence-electron chi connectivity index (χ2n) is 4.00. The van der Waals surface area contributed by atoms with Crippen LogP contribution in [0.25, 0.3) is 0 Å². The molecule has 1 heterocycles. The quantitative estimate of drug-likeness (QED) is 0.873. The minimum absolute atomic E-state index is 0.246. The molecule has 0 aliphatic rings. The summed E-state index contributed by atoms with van der Waals surface area (Å²) in [4.78, 5) is 8.01. The van der Waals surface area contributed by atoms with E-state index in [0.29, 0.717) is 24.0 Å². The van der Waals surface area contributed by atoms with Crippen molar-refractivity contribution in [2.24, 2.45) is 0 Å². The van der Waals surface area contributed by atoms with Crippen molar-refractivity contribution in [1.82, 2.24) is 9.97 Å². The summed E-state index contributed by atoms with van der Waals surface area (Å²) in [6, 6.07) is 7.25. The van der Waals surface area contributed by atoms with Gasteiger partial charge in [-0.15, -0.1) is 0 Å². The minimum Gasteiger partial charge on any atom is -0.493 e. The molecule has 0 aliphatic heterocycles. The molecule has 0 amide bonds. The lowest BCUT2D eigenvalue weighted by Gasteiger charge is -2.12. The van der Waals surface area contributed by atoms with Gasteiger partial charge in [0.2, 0.25) is 11.8 Å². The average Bonchev–Trinajstić information content (AvgIpc) is 2.48. The molecule has 0 fully saturated rings. The van der Waals surface area contributed by atoms with Crippen molar-refractivity contribution in [3.8, 4) is 23.3 Å². The minimum atomic E-state index is 0.246. The molecule has 0 unspecified atom stereocenters. The van der Waals surface area contributed by atoms with Gasteiger partial charge in [0.1, 0.15) is 6.33 Å². The van der Waals surface area contributed by atoms with Gasteiger partial charge in [-0.25, -0.2) is 0 Å². The number of methoxy groups -OCH3 is 1. The Hall–Kier alpha value is -2.50. The summed E-state index contributed by atoms with van der Waals surface area (Å²) < 4.78 is 16.3. The number of nitrogens with two attached hydrogens (primary N) is 1. The van der Waals surface area contributed by atoms with Crippen LogP contribution in [0, 0.1) is 0 Å². The number of hydrogen-bond acceptors (Lipinski definition) is 6. The lowest BCUT2D eigenvalue weighted by atomic mass is 10.3. The lowest BCUT2D eigenvalue weighted by Crippen LogP contribution is -2.04. The fourth-order valence-corrected chi connectivity index (χ4v) is 1.57. The third kappa shape index (κ3) is 3.09. The maximum atomic E-state index is 5.95. The van der Waals surface area contributed by atoms with E-state index in [-0.39, 0.29) is 11.6 Å². The van der Waals surface area contributed by atoms with Crippen LogP contribution in [0.1, 0.15) is 13.3 Å². The first-order valence-electron chi connectivity index (χ1n) is 6.30. The van der Waals surface area contributed by atoms with E-state index in [4.69, 9.17) is 19.9 Å². The zero-order valence-electron chi connectivity index (χ0n) is 11.5. The third-order valence-electron chi connectivity index (χ3n) is 2.53. The van der Waals surface area contributed by atoms with Crippen molar-refractivity contribution in [3.63, 3.8) is 0 Å². The van der Waals surface area contributed by atoms with Crippen LogP contribution in [0.5, 0.6) is 23.3 Å². The summed E-state index contributed by atoms with van der Waals surface area (Å²) in [5.74, 6) is 1.70. The van der Waals surface area contributed by atoms with Gasteiger partial charge in [0.25, 0.3) is 0 Å². The number of aromatic nitrogens is 2. The first-order chi connectivity index (χ1) is 9.76. The first kappa shape index (κ1) is 13.9. The van der Waals surface area contributed by atoms with Gasteiger partial charge in [-0.05, 0) is 18.6 Å². The van der Waals surface area contributed by atoms with Crippen LogP contribution in [-0.2, 0) is 0 Å². The molecule has 106 valence electrons. The van der Waals surface area contributed by atoms with E-state index in [0.717, 1.165) is 6.42 Å². The van der Waals surface area contributed by atoms with Crippen molar-refractivity contribution >= 4 is 5.69 Å². The molecule has 6 heteroatoms. The molecule has 20 heavy (non-hydrogen) atoms.